The first-order valence-electron chi connectivity index (χ1n) is 10.5. The smallest absolute Gasteiger partial charge is 0.161 e. The minimum Gasteiger partial charge on any atom is -0.493 e. The second kappa shape index (κ2) is 8.52. The lowest BCUT2D eigenvalue weighted by molar-refractivity contribution is -0.0206. The Morgan fingerprint density at radius 3 is 2.47 bits per heavy atom. The summed E-state index contributed by atoms with van der Waals surface area (Å²) in [5, 5.41) is 10.8. The Morgan fingerprint density at radius 1 is 1.10 bits per heavy atom. The molecule has 2 aliphatic rings. The normalized spacial score (nSPS) is 24.6. The number of ether oxygens (including phenoxy) is 2. The molecule has 4 rings (SSSR count). The lowest BCUT2D eigenvalue weighted by Gasteiger charge is -2.35. The highest BCUT2D eigenvalue weighted by Gasteiger charge is 2.48. The van der Waals surface area contributed by atoms with Crippen molar-refractivity contribution in [2.45, 2.75) is 44.0 Å². The molecule has 1 saturated heterocycles. The highest BCUT2D eigenvalue weighted by molar-refractivity contribution is 5.51. The van der Waals surface area contributed by atoms with Crippen LogP contribution in [0.1, 0.15) is 42.1 Å². The third-order valence-corrected chi connectivity index (χ3v) is 6.54. The first-order valence-corrected chi connectivity index (χ1v) is 10.5. The van der Waals surface area contributed by atoms with E-state index in [9.17, 15) is 9.50 Å². The highest BCUT2D eigenvalue weighted by Crippen LogP contribution is 2.49. The summed E-state index contributed by atoms with van der Waals surface area (Å²) in [5.74, 6) is 1.06. The zero-order valence-electron chi connectivity index (χ0n) is 17.5. The molecular weight excluding hydrogens is 388 g/mol. The average molecular weight is 417 g/mol. The van der Waals surface area contributed by atoms with Crippen LogP contribution in [0.5, 0.6) is 11.5 Å². The maximum Gasteiger partial charge on any atom is 0.161 e. The molecule has 0 amide bonds. The molecule has 1 heterocycles. The van der Waals surface area contributed by atoms with Gasteiger partial charge in [-0.3, -0.25) is 4.90 Å². The van der Waals surface area contributed by atoms with Crippen molar-refractivity contribution >= 4 is 0 Å². The van der Waals surface area contributed by atoms with Gasteiger partial charge in [0.15, 0.2) is 11.5 Å². The average Bonchev–Trinajstić information content (AvgIpc) is 2.98. The van der Waals surface area contributed by atoms with Crippen molar-refractivity contribution in [2.24, 2.45) is 5.92 Å². The van der Waals surface area contributed by atoms with Crippen LogP contribution < -0.4 is 9.47 Å². The van der Waals surface area contributed by atoms with Gasteiger partial charge in [0.05, 0.1) is 14.2 Å². The molecule has 1 aliphatic carbocycles. The van der Waals surface area contributed by atoms with Crippen molar-refractivity contribution in [2.75, 3.05) is 27.3 Å². The number of methoxy groups -OCH3 is 2. The number of aliphatic hydroxyl groups is 1. The minimum absolute atomic E-state index is 0.188. The standard InChI is InChI=1S/C24H29F2NO3/c1-29-21-11-18-14-24(26,23(28)20(18)12-22(21)30-2)13-16-6-8-27(9-7-16)15-17-4-3-5-19(25)10-17/h3-5,10-12,16,23,28H,6-9,13-15H2,1-2H3. The van der Waals surface area contributed by atoms with Gasteiger partial charge in [-0.25, -0.2) is 8.78 Å². The molecule has 1 N–H and O–H groups in total. The van der Waals surface area contributed by atoms with E-state index < -0.39 is 11.8 Å². The molecule has 2 atom stereocenters. The Balaban J connectivity index is 1.38. The van der Waals surface area contributed by atoms with Gasteiger partial charge in [0.1, 0.15) is 17.6 Å². The Morgan fingerprint density at radius 2 is 1.80 bits per heavy atom. The number of piperidine rings is 1. The summed E-state index contributed by atoms with van der Waals surface area (Å²) in [5.41, 5.74) is 0.666. The van der Waals surface area contributed by atoms with Crippen molar-refractivity contribution in [1.29, 1.82) is 0 Å². The van der Waals surface area contributed by atoms with E-state index in [0.717, 1.165) is 37.1 Å². The summed E-state index contributed by atoms with van der Waals surface area (Å²) in [4.78, 5) is 2.28. The van der Waals surface area contributed by atoms with Crippen LogP contribution in [-0.2, 0) is 13.0 Å². The molecule has 0 saturated carbocycles. The molecule has 162 valence electrons. The summed E-state index contributed by atoms with van der Waals surface area (Å²) >= 11 is 0. The second-order valence-corrected chi connectivity index (χ2v) is 8.57. The third kappa shape index (κ3) is 4.16. The van der Waals surface area contributed by atoms with E-state index in [2.05, 4.69) is 4.90 Å². The fourth-order valence-electron chi connectivity index (χ4n) is 4.94. The second-order valence-electron chi connectivity index (χ2n) is 8.57. The topological polar surface area (TPSA) is 41.9 Å². The quantitative estimate of drug-likeness (QED) is 0.755. The Hall–Kier alpha value is -2.18. The van der Waals surface area contributed by atoms with Gasteiger partial charge in [-0.1, -0.05) is 12.1 Å². The van der Waals surface area contributed by atoms with Crippen molar-refractivity contribution in [3.63, 3.8) is 0 Å². The van der Waals surface area contributed by atoms with Gasteiger partial charge >= 0.3 is 0 Å². The zero-order valence-corrected chi connectivity index (χ0v) is 17.5. The molecule has 4 nitrogen and oxygen atoms in total. The lowest BCUT2D eigenvalue weighted by Crippen LogP contribution is -2.38. The number of halogens is 2. The van der Waals surface area contributed by atoms with Gasteiger partial charge in [0.2, 0.25) is 0 Å². The molecule has 0 radical (unpaired) electrons. The van der Waals surface area contributed by atoms with Crippen molar-refractivity contribution in [3.05, 3.63) is 58.9 Å². The number of likely N-dealkylation sites (tertiary alicyclic amines) is 1. The SMILES string of the molecule is COc1cc2c(cc1OC)C(O)C(F)(CC1CCN(Cc3cccc(F)c3)CC1)C2. The number of rotatable bonds is 6. The largest absolute Gasteiger partial charge is 0.493 e. The van der Waals surface area contributed by atoms with Crippen LogP contribution in [0.3, 0.4) is 0 Å². The number of nitrogens with zero attached hydrogens (tertiary/aromatic N) is 1. The maximum atomic E-state index is 15.9. The summed E-state index contributed by atoms with van der Waals surface area (Å²) in [7, 11) is 3.09. The van der Waals surface area contributed by atoms with Gasteiger partial charge < -0.3 is 14.6 Å². The number of alkyl halides is 1. The number of hydrogen-bond acceptors (Lipinski definition) is 4. The van der Waals surface area contributed by atoms with Crippen molar-refractivity contribution in [1.82, 2.24) is 4.90 Å². The first-order chi connectivity index (χ1) is 14.4. The minimum atomic E-state index is -1.67. The predicted octanol–water partition coefficient (Wildman–Crippen LogP) is 4.44. The Kier molecular flexibility index (Phi) is 5.98. The van der Waals surface area contributed by atoms with Crippen LogP contribution >= 0.6 is 0 Å². The first kappa shape index (κ1) is 21.1. The molecular formula is C24H29F2NO3. The molecule has 6 heteroatoms. The van der Waals surface area contributed by atoms with Gasteiger partial charge in [0, 0.05) is 13.0 Å². The number of benzene rings is 2. The van der Waals surface area contributed by atoms with Crippen LogP contribution in [0, 0.1) is 11.7 Å². The van der Waals surface area contributed by atoms with Crippen LogP contribution in [0.25, 0.3) is 0 Å². The number of aliphatic hydroxyl groups excluding tert-OH is 1. The lowest BCUT2D eigenvalue weighted by atomic mass is 9.83. The Labute approximate surface area is 176 Å². The summed E-state index contributed by atoms with van der Waals surface area (Å²) in [6.45, 7) is 2.41. The van der Waals surface area contributed by atoms with Crippen LogP contribution in [-0.4, -0.2) is 43.0 Å². The number of fused-ring (bicyclic) bond motifs is 1. The maximum absolute atomic E-state index is 15.9. The van der Waals surface area contributed by atoms with E-state index in [1.807, 2.05) is 6.07 Å². The van der Waals surface area contributed by atoms with E-state index >= 15 is 4.39 Å². The summed E-state index contributed by atoms with van der Waals surface area (Å²) in [6, 6.07) is 10.2. The van der Waals surface area contributed by atoms with E-state index in [0.29, 0.717) is 30.0 Å². The molecule has 0 aromatic heterocycles. The fourth-order valence-corrected chi connectivity index (χ4v) is 4.94. The third-order valence-electron chi connectivity index (χ3n) is 6.54. The molecule has 1 fully saturated rings. The van der Waals surface area contributed by atoms with E-state index in [1.54, 1.807) is 31.4 Å². The van der Waals surface area contributed by atoms with Crippen molar-refractivity contribution in [3.8, 4) is 11.5 Å². The molecule has 0 bridgehead atoms. The molecule has 1 aliphatic heterocycles. The molecule has 2 unspecified atom stereocenters. The highest BCUT2D eigenvalue weighted by atomic mass is 19.1. The monoisotopic (exact) mass is 417 g/mol. The number of hydrogen-bond donors (Lipinski definition) is 1. The van der Waals surface area contributed by atoms with Gasteiger partial charge in [-0.05, 0) is 79.2 Å². The summed E-state index contributed by atoms with van der Waals surface area (Å²) < 4.78 is 39.9. The zero-order chi connectivity index (χ0) is 21.3. The fraction of sp³-hybridized carbons (Fsp3) is 0.500. The molecule has 30 heavy (non-hydrogen) atoms. The van der Waals surface area contributed by atoms with E-state index in [-0.39, 0.29) is 18.2 Å². The van der Waals surface area contributed by atoms with Crippen molar-refractivity contribution < 1.29 is 23.4 Å². The molecule has 2 aromatic carbocycles. The predicted molar refractivity (Wildman–Crippen MR) is 111 cm³/mol. The Bertz CT molecular complexity index is 898. The van der Waals surface area contributed by atoms with Gasteiger partial charge in [0.25, 0.3) is 0 Å². The van der Waals surface area contributed by atoms with Crippen LogP contribution in [0.15, 0.2) is 36.4 Å². The van der Waals surface area contributed by atoms with E-state index in [1.165, 1.54) is 13.2 Å². The van der Waals surface area contributed by atoms with Gasteiger partial charge in [-0.2, -0.15) is 0 Å². The van der Waals surface area contributed by atoms with Crippen LogP contribution in [0.2, 0.25) is 0 Å². The van der Waals surface area contributed by atoms with Crippen LogP contribution in [0.4, 0.5) is 8.78 Å². The summed E-state index contributed by atoms with van der Waals surface area (Å²) in [6.07, 6.45) is 1.11. The molecule has 0 spiro atoms. The molecule has 2 aromatic rings. The van der Waals surface area contributed by atoms with Gasteiger partial charge in [-0.15, -0.1) is 0 Å². The van der Waals surface area contributed by atoms with E-state index in [4.69, 9.17) is 9.47 Å².